The Morgan fingerprint density at radius 1 is 1.44 bits per heavy atom. The normalized spacial score (nSPS) is 23.4. The maximum atomic E-state index is 13.6. The number of aromatic nitrogens is 1. The van der Waals surface area contributed by atoms with E-state index in [2.05, 4.69) is 10.3 Å². The molecule has 2 aliphatic rings. The molecule has 1 fully saturated rings. The Kier molecular flexibility index (Phi) is 4.70. The number of fused-ring (bicyclic) bond motifs is 3. The highest BCUT2D eigenvalue weighted by Gasteiger charge is 2.58. The third-order valence-electron chi connectivity index (χ3n) is 5.19. The summed E-state index contributed by atoms with van der Waals surface area (Å²) in [6.07, 6.45) is 1.58. The van der Waals surface area contributed by atoms with Gasteiger partial charge in [-0.2, -0.15) is 0 Å². The van der Waals surface area contributed by atoms with E-state index in [1.165, 1.54) is 12.1 Å². The summed E-state index contributed by atoms with van der Waals surface area (Å²) in [5, 5.41) is 12.6. The fourth-order valence-electron chi connectivity index (χ4n) is 3.79. The van der Waals surface area contributed by atoms with Crippen molar-refractivity contribution >= 4 is 5.91 Å². The molecule has 0 bridgehead atoms. The highest BCUT2D eigenvalue weighted by molar-refractivity contribution is 5.84. The number of carbonyl (C=O) groups is 1. The van der Waals surface area contributed by atoms with Crippen LogP contribution in [0.15, 0.2) is 36.5 Å². The van der Waals surface area contributed by atoms with Gasteiger partial charge in [0.05, 0.1) is 31.8 Å². The van der Waals surface area contributed by atoms with Gasteiger partial charge in [-0.05, 0) is 36.8 Å². The Morgan fingerprint density at radius 2 is 2.30 bits per heavy atom. The second kappa shape index (κ2) is 7.15. The van der Waals surface area contributed by atoms with Gasteiger partial charge in [0.25, 0.3) is 0 Å². The zero-order valence-corrected chi connectivity index (χ0v) is 14.9. The lowest BCUT2D eigenvalue weighted by Crippen LogP contribution is -2.32. The van der Waals surface area contributed by atoms with Crippen LogP contribution in [0.25, 0.3) is 0 Å². The van der Waals surface area contributed by atoms with E-state index in [0.29, 0.717) is 30.4 Å². The number of nitrogens with zero attached hydrogens (tertiary/aromatic N) is 1. The molecule has 1 saturated carbocycles. The number of halogens is 1. The van der Waals surface area contributed by atoms with E-state index in [4.69, 9.17) is 9.47 Å². The fraction of sp³-hybridized carbons (Fsp3) is 0.400. The molecule has 1 amide bonds. The molecule has 7 heteroatoms. The maximum Gasteiger partial charge on any atom is 0.224 e. The number of hydrogen-bond donors (Lipinski definition) is 2. The molecule has 2 heterocycles. The van der Waals surface area contributed by atoms with Crippen molar-refractivity contribution in [2.24, 2.45) is 11.8 Å². The fourth-order valence-corrected chi connectivity index (χ4v) is 3.79. The molecule has 3 unspecified atom stereocenters. The van der Waals surface area contributed by atoms with Gasteiger partial charge in [-0.15, -0.1) is 0 Å². The molecule has 27 heavy (non-hydrogen) atoms. The summed E-state index contributed by atoms with van der Waals surface area (Å²) in [7, 11) is 0. The van der Waals surface area contributed by atoms with Crippen LogP contribution in [0.1, 0.15) is 30.0 Å². The summed E-state index contributed by atoms with van der Waals surface area (Å²) < 4.78 is 24.5. The monoisotopic (exact) mass is 372 g/mol. The zero-order chi connectivity index (χ0) is 19.0. The molecule has 2 aromatic rings. The lowest BCUT2D eigenvalue weighted by molar-refractivity contribution is -0.123. The SMILES string of the molecule is CCOc1ccc([C@H](CO)NC(=O)C2C3COc4ccc(F)cc4C32)cn1. The highest BCUT2D eigenvalue weighted by Crippen LogP contribution is 2.59. The van der Waals surface area contributed by atoms with Gasteiger partial charge in [0.15, 0.2) is 0 Å². The largest absolute Gasteiger partial charge is 0.493 e. The van der Waals surface area contributed by atoms with Crippen molar-refractivity contribution in [1.29, 1.82) is 0 Å². The van der Waals surface area contributed by atoms with Gasteiger partial charge in [0, 0.05) is 29.7 Å². The van der Waals surface area contributed by atoms with Crippen LogP contribution in [-0.2, 0) is 4.79 Å². The molecule has 2 N–H and O–H groups in total. The minimum absolute atomic E-state index is 0.0390. The molecule has 142 valence electrons. The van der Waals surface area contributed by atoms with E-state index in [1.807, 2.05) is 6.92 Å². The van der Waals surface area contributed by atoms with Crippen molar-refractivity contribution < 1.29 is 23.8 Å². The minimum Gasteiger partial charge on any atom is -0.493 e. The predicted molar refractivity (Wildman–Crippen MR) is 95.0 cm³/mol. The average molecular weight is 372 g/mol. The van der Waals surface area contributed by atoms with Crippen LogP contribution >= 0.6 is 0 Å². The van der Waals surface area contributed by atoms with Gasteiger partial charge in [0.1, 0.15) is 11.6 Å². The Bertz CT molecular complexity index is 842. The minimum atomic E-state index is -0.559. The number of pyridine rings is 1. The van der Waals surface area contributed by atoms with E-state index in [-0.39, 0.29) is 36.1 Å². The molecule has 6 nitrogen and oxygen atoms in total. The van der Waals surface area contributed by atoms with E-state index in [9.17, 15) is 14.3 Å². The first-order chi connectivity index (χ1) is 13.1. The second-order valence-electron chi connectivity index (χ2n) is 6.82. The van der Waals surface area contributed by atoms with E-state index >= 15 is 0 Å². The molecule has 4 atom stereocenters. The van der Waals surface area contributed by atoms with Gasteiger partial charge in [-0.25, -0.2) is 9.37 Å². The lowest BCUT2D eigenvalue weighted by atomic mass is 10.0. The van der Waals surface area contributed by atoms with Crippen LogP contribution < -0.4 is 14.8 Å². The summed E-state index contributed by atoms with van der Waals surface area (Å²) >= 11 is 0. The van der Waals surface area contributed by atoms with Gasteiger partial charge in [-0.3, -0.25) is 4.79 Å². The van der Waals surface area contributed by atoms with Crippen molar-refractivity contribution in [3.8, 4) is 11.6 Å². The van der Waals surface area contributed by atoms with E-state index in [1.54, 1.807) is 24.4 Å². The number of rotatable bonds is 6. The topological polar surface area (TPSA) is 80.7 Å². The molecule has 1 aromatic carbocycles. The van der Waals surface area contributed by atoms with Crippen molar-refractivity contribution in [2.45, 2.75) is 18.9 Å². The molecule has 0 saturated heterocycles. The van der Waals surface area contributed by atoms with E-state index in [0.717, 1.165) is 5.56 Å². The molecule has 1 aliphatic carbocycles. The van der Waals surface area contributed by atoms with E-state index < -0.39 is 6.04 Å². The molecule has 0 spiro atoms. The summed E-state index contributed by atoms with van der Waals surface area (Å²) in [5.74, 6) is 0.351. The Morgan fingerprint density at radius 3 is 3.00 bits per heavy atom. The van der Waals surface area contributed by atoms with Crippen LogP contribution in [0.5, 0.6) is 11.6 Å². The molecule has 0 radical (unpaired) electrons. The van der Waals surface area contributed by atoms with Gasteiger partial charge in [-0.1, -0.05) is 0 Å². The van der Waals surface area contributed by atoms with Crippen LogP contribution in [0, 0.1) is 17.7 Å². The zero-order valence-electron chi connectivity index (χ0n) is 14.9. The summed E-state index contributed by atoms with van der Waals surface area (Å²) in [6, 6.07) is 7.33. The Hall–Kier alpha value is -2.67. The van der Waals surface area contributed by atoms with Crippen LogP contribution in [0.2, 0.25) is 0 Å². The molecule has 4 rings (SSSR count). The smallest absolute Gasteiger partial charge is 0.224 e. The third kappa shape index (κ3) is 3.35. The molecular weight excluding hydrogens is 351 g/mol. The molecule has 1 aliphatic heterocycles. The van der Waals surface area contributed by atoms with Crippen molar-refractivity contribution in [1.82, 2.24) is 10.3 Å². The number of aliphatic hydroxyl groups excluding tert-OH is 1. The van der Waals surface area contributed by atoms with Gasteiger partial charge < -0.3 is 19.9 Å². The standard InChI is InChI=1S/C20H21FN2O4/c1-2-26-17-6-3-11(8-22-17)15(9-24)23-20(25)19-14-10-27-16-5-4-12(21)7-13(16)18(14)19/h3-8,14-15,18-19,24H,2,9-10H2,1H3,(H,23,25)/t14?,15-,18?,19?/m0/s1. The number of nitrogens with one attached hydrogen (secondary N) is 1. The predicted octanol–water partition coefficient (Wildman–Crippen LogP) is 2.19. The second-order valence-corrected chi connectivity index (χ2v) is 6.82. The number of amides is 1. The number of ether oxygens (including phenoxy) is 2. The summed E-state index contributed by atoms with van der Waals surface area (Å²) in [4.78, 5) is 16.9. The number of benzene rings is 1. The Balaban J connectivity index is 1.46. The maximum absolute atomic E-state index is 13.6. The average Bonchev–Trinajstić information content (AvgIpc) is 3.42. The van der Waals surface area contributed by atoms with Gasteiger partial charge >= 0.3 is 0 Å². The van der Waals surface area contributed by atoms with Crippen LogP contribution in [0.3, 0.4) is 0 Å². The first kappa shape index (κ1) is 17.7. The first-order valence-corrected chi connectivity index (χ1v) is 9.04. The van der Waals surface area contributed by atoms with Crippen LogP contribution in [0.4, 0.5) is 4.39 Å². The number of carbonyl (C=O) groups excluding carboxylic acids is 1. The lowest BCUT2D eigenvalue weighted by Gasteiger charge is -2.17. The van der Waals surface area contributed by atoms with Crippen LogP contribution in [-0.4, -0.2) is 35.8 Å². The van der Waals surface area contributed by atoms with Crippen molar-refractivity contribution in [2.75, 3.05) is 19.8 Å². The molecule has 1 aromatic heterocycles. The first-order valence-electron chi connectivity index (χ1n) is 9.04. The third-order valence-corrected chi connectivity index (χ3v) is 5.19. The molecular formula is C20H21FN2O4. The van der Waals surface area contributed by atoms with Crippen molar-refractivity contribution in [3.63, 3.8) is 0 Å². The Labute approximate surface area is 156 Å². The quantitative estimate of drug-likeness (QED) is 0.813. The summed E-state index contributed by atoms with van der Waals surface area (Å²) in [6.45, 7) is 2.58. The number of hydrogen-bond acceptors (Lipinski definition) is 5. The number of aliphatic hydroxyl groups is 1. The van der Waals surface area contributed by atoms with Crippen molar-refractivity contribution in [3.05, 3.63) is 53.5 Å². The highest BCUT2D eigenvalue weighted by atomic mass is 19.1. The van der Waals surface area contributed by atoms with Gasteiger partial charge in [0.2, 0.25) is 11.8 Å². The summed E-state index contributed by atoms with van der Waals surface area (Å²) in [5.41, 5.74) is 1.44.